The number of hydrogen-bond donors (Lipinski definition) is 3. The fourth-order valence-electron chi connectivity index (χ4n) is 2.87. The Morgan fingerprint density at radius 1 is 1.09 bits per heavy atom. The first kappa shape index (κ1) is 26.9. The van der Waals surface area contributed by atoms with E-state index < -0.39 is 22.6 Å². The third-order valence-electron chi connectivity index (χ3n) is 4.33. The van der Waals surface area contributed by atoms with Gasteiger partial charge in [0, 0.05) is 12.6 Å². The number of aliphatic carboxylic acids is 1. The van der Waals surface area contributed by atoms with Crippen LogP contribution in [-0.2, 0) is 27.8 Å². The minimum Gasteiger partial charge on any atom is -0.480 e. The number of ether oxygens (including phenoxy) is 1. The number of rotatable bonds is 11. The molecule has 0 saturated carbocycles. The van der Waals surface area contributed by atoms with Crippen molar-refractivity contribution in [2.75, 3.05) is 11.9 Å². The van der Waals surface area contributed by atoms with Crippen LogP contribution in [0.1, 0.15) is 17.0 Å². The van der Waals surface area contributed by atoms with Gasteiger partial charge in [0.05, 0.1) is 17.9 Å². The smallest absolute Gasteiger partial charge is 0.387 e. The Labute approximate surface area is 200 Å². The van der Waals surface area contributed by atoms with Crippen molar-refractivity contribution in [3.63, 3.8) is 0 Å². The van der Waals surface area contributed by atoms with Gasteiger partial charge in [-0.3, -0.25) is 9.78 Å². The highest BCUT2D eigenvalue weighted by molar-refractivity contribution is 7.89. The molecular weight excluding hydrogens is 494 g/mol. The SMILES string of the molecule is Cl.O=C(O)CNc1cccc(CNS(=O)(=O)c2cccnc2Cc2ccc(OC(F)F)cc2)n1. The zero-order chi connectivity index (χ0) is 23.8. The van der Waals surface area contributed by atoms with Crippen molar-refractivity contribution in [1.82, 2.24) is 14.7 Å². The molecule has 0 bridgehead atoms. The number of hydrogen-bond acceptors (Lipinski definition) is 7. The number of aromatic nitrogens is 2. The highest BCUT2D eigenvalue weighted by Crippen LogP contribution is 2.20. The van der Waals surface area contributed by atoms with Gasteiger partial charge in [-0.15, -0.1) is 12.4 Å². The molecule has 3 N–H and O–H groups in total. The maximum atomic E-state index is 12.9. The first-order valence-corrected chi connectivity index (χ1v) is 11.1. The van der Waals surface area contributed by atoms with Gasteiger partial charge in [-0.2, -0.15) is 8.78 Å². The van der Waals surface area contributed by atoms with Crippen LogP contribution in [0.2, 0.25) is 0 Å². The summed E-state index contributed by atoms with van der Waals surface area (Å²) in [5.74, 6) is -0.754. The second kappa shape index (κ2) is 12.2. The van der Waals surface area contributed by atoms with E-state index in [1.807, 2.05) is 0 Å². The first-order valence-electron chi connectivity index (χ1n) is 9.62. The van der Waals surface area contributed by atoms with Crippen LogP contribution >= 0.6 is 12.4 Å². The molecule has 1 aromatic carbocycles. The number of halogens is 3. The molecule has 0 aliphatic carbocycles. The summed E-state index contributed by atoms with van der Waals surface area (Å²) >= 11 is 0. The second-order valence-electron chi connectivity index (χ2n) is 6.73. The predicted molar refractivity (Wildman–Crippen MR) is 122 cm³/mol. The van der Waals surface area contributed by atoms with E-state index in [4.69, 9.17) is 5.11 Å². The normalized spacial score (nSPS) is 11.0. The molecular formula is C21H21ClF2N4O5S. The van der Waals surface area contributed by atoms with Gasteiger partial charge >= 0.3 is 12.6 Å². The molecule has 2 heterocycles. The van der Waals surface area contributed by atoms with Gasteiger partial charge in [0.25, 0.3) is 0 Å². The molecule has 13 heteroatoms. The molecule has 3 rings (SSSR count). The summed E-state index contributed by atoms with van der Waals surface area (Å²) < 4.78 is 57.2. The van der Waals surface area contributed by atoms with Gasteiger partial charge in [0.15, 0.2) is 0 Å². The maximum absolute atomic E-state index is 12.9. The molecule has 0 atom stereocenters. The number of carboxylic acids is 1. The highest BCUT2D eigenvalue weighted by atomic mass is 35.5. The van der Waals surface area contributed by atoms with E-state index >= 15 is 0 Å². The summed E-state index contributed by atoms with van der Waals surface area (Å²) in [6.45, 7) is -3.38. The summed E-state index contributed by atoms with van der Waals surface area (Å²) in [5, 5.41) is 11.4. The molecule has 182 valence electrons. The Hall–Kier alpha value is -3.35. The molecule has 0 fully saturated rings. The van der Waals surface area contributed by atoms with Gasteiger partial charge < -0.3 is 15.2 Å². The predicted octanol–water partition coefficient (Wildman–Crippen LogP) is 3.07. The van der Waals surface area contributed by atoms with Gasteiger partial charge in [0.1, 0.15) is 23.0 Å². The van der Waals surface area contributed by atoms with E-state index in [0.717, 1.165) is 0 Å². The van der Waals surface area contributed by atoms with Crippen molar-refractivity contribution in [3.8, 4) is 5.75 Å². The fourth-order valence-corrected chi connectivity index (χ4v) is 4.06. The zero-order valence-electron chi connectivity index (χ0n) is 17.5. The van der Waals surface area contributed by atoms with Crippen molar-refractivity contribution >= 4 is 34.2 Å². The fraction of sp³-hybridized carbons (Fsp3) is 0.190. The summed E-state index contributed by atoms with van der Waals surface area (Å²) in [6, 6.07) is 13.5. The second-order valence-corrected chi connectivity index (χ2v) is 8.47. The monoisotopic (exact) mass is 514 g/mol. The molecule has 0 unspecified atom stereocenters. The van der Waals surface area contributed by atoms with Gasteiger partial charge in [-0.1, -0.05) is 18.2 Å². The molecule has 0 aliphatic rings. The average Bonchev–Trinajstić information content (AvgIpc) is 2.78. The van der Waals surface area contributed by atoms with Crippen molar-refractivity contribution < 1.29 is 31.8 Å². The van der Waals surface area contributed by atoms with Crippen LogP contribution in [0.15, 0.2) is 65.7 Å². The largest absolute Gasteiger partial charge is 0.480 e. The van der Waals surface area contributed by atoms with Crippen LogP contribution in [0.4, 0.5) is 14.6 Å². The molecule has 0 amide bonds. The number of benzene rings is 1. The van der Waals surface area contributed by atoms with E-state index in [1.165, 1.54) is 30.5 Å². The van der Waals surface area contributed by atoms with Crippen LogP contribution in [0.25, 0.3) is 0 Å². The van der Waals surface area contributed by atoms with E-state index in [-0.39, 0.29) is 48.3 Å². The first-order chi connectivity index (χ1) is 15.7. The minimum absolute atomic E-state index is 0. The van der Waals surface area contributed by atoms with Crippen LogP contribution in [0.3, 0.4) is 0 Å². The highest BCUT2D eigenvalue weighted by Gasteiger charge is 2.19. The van der Waals surface area contributed by atoms with Crippen molar-refractivity contribution in [3.05, 3.63) is 77.7 Å². The number of nitrogens with one attached hydrogen (secondary N) is 2. The minimum atomic E-state index is -3.96. The van der Waals surface area contributed by atoms with E-state index in [9.17, 15) is 22.0 Å². The number of alkyl halides is 2. The number of nitrogens with zero attached hydrogens (tertiary/aromatic N) is 2. The lowest BCUT2D eigenvalue weighted by molar-refractivity contribution is -0.134. The summed E-state index contributed by atoms with van der Waals surface area (Å²) in [7, 11) is -3.96. The molecule has 3 aromatic rings. The van der Waals surface area contributed by atoms with E-state index in [1.54, 1.807) is 30.3 Å². The maximum Gasteiger partial charge on any atom is 0.387 e. The Balaban J connectivity index is 0.00000408. The number of sulfonamides is 1. The molecule has 2 aromatic heterocycles. The third kappa shape index (κ3) is 7.90. The summed E-state index contributed by atoms with van der Waals surface area (Å²) in [5.41, 5.74) is 1.32. The number of anilines is 1. The Kier molecular flexibility index (Phi) is 9.66. The van der Waals surface area contributed by atoms with E-state index in [0.29, 0.717) is 17.1 Å². The molecule has 0 aliphatic heterocycles. The molecule has 0 radical (unpaired) electrons. The number of carbonyl (C=O) groups is 1. The van der Waals surface area contributed by atoms with Gasteiger partial charge in [-0.25, -0.2) is 18.1 Å². The van der Waals surface area contributed by atoms with Crippen LogP contribution in [0.5, 0.6) is 5.75 Å². The standard InChI is InChI=1S/C21H20F2N4O5S.ClH/c22-21(23)32-16-8-6-14(7-9-16)11-17-18(4-2-10-24-17)33(30,31)26-12-15-3-1-5-19(27-15)25-13-20(28)29;/h1-10,21,26H,11-13H2,(H,25,27)(H,28,29);1H. The lowest BCUT2D eigenvalue weighted by Crippen LogP contribution is -2.25. The van der Waals surface area contributed by atoms with Crippen molar-refractivity contribution in [2.45, 2.75) is 24.5 Å². The van der Waals surface area contributed by atoms with E-state index in [2.05, 4.69) is 24.7 Å². The third-order valence-corrected chi connectivity index (χ3v) is 5.80. The quantitative estimate of drug-likeness (QED) is 0.356. The lowest BCUT2D eigenvalue weighted by atomic mass is 10.1. The summed E-state index contributed by atoms with van der Waals surface area (Å²) in [6.07, 6.45) is 1.61. The van der Waals surface area contributed by atoms with Gasteiger partial charge in [0.2, 0.25) is 10.0 Å². The van der Waals surface area contributed by atoms with Crippen LogP contribution < -0.4 is 14.8 Å². The number of pyridine rings is 2. The van der Waals surface area contributed by atoms with Crippen molar-refractivity contribution in [2.24, 2.45) is 0 Å². The van der Waals surface area contributed by atoms with Crippen LogP contribution in [-0.4, -0.2) is 42.6 Å². The lowest BCUT2D eigenvalue weighted by Gasteiger charge is -2.12. The molecule has 0 spiro atoms. The summed E-state index contributed by atoms with van der Waals surface area (Å²) in [4.78, 5) is 19.0. The van der Waals surface area contributed by atoms with Crippen LogP contribution in [0, 0.1) is 0 Å². The Morgan fingerprint density at radius 2 is 1.82 bits per heavy atom. The average molecular weight is 515 g/mol. The Bertz CT molecular complexity index is 1210. The van der Waals surface area contributed by atoms with Crippen molar-refractivity contribution in [1.29, 1.82) is 0 Å². The topological polar surface area (TPSA) is 131 Å². The Morgan fingerprint density at radius 3 is 2.50 bits per heavy atom. The molecule has 34 heavy (non-hydrogen) atoms. The van der Waals surface area contributed by atoms with Gasteiger partial charge in [-0.05, 0) is 42.0 Å². The molecule has 9 nitrogen and oxygen atoms in total. The number of carboxylic acid groups (broad SMARTS) is 1. The molecule has 0 saturated heterocycles. The zero-order valence-corrected chi connectivity index (χ0v) is 19.2.